The summed E-state index contributed by atoms with van der Waals surface area (Å²) in [5.41, 5.74) is 0.880. The predicted octanol–water partition coefficient (Wildman–Crippen LogP) is 3.55. The lowest BCUT2D eigenvalue weighted by Crippen LogP contribution is -2.14. The van der Waals surface area contributed by atoms with Crippen molar-refractivity contribution >= 4 is 35.0 Å². The summed E-state index contributed by atoms with van der Waals surface area (Å²) >= 11 is 7.66. The maximum Gasteiger partial charge on any atom is 0.225 e. The number of thioether (sulfide) groups is 1. The Hall–Kier alpha value is -0.670. The van der Waals surface area contributed by atoms with Crippen molar-refractivity contribution in [2.45, 2.75) is 29.9 Å². The molecule has 1 aromatic rings. The van der Waals surface area contributed by atoms with Gasteiger partial charge < -0.3 is 5.32 Å². The van der Waals surface area contributed by atoms with Gasteiger partial charge in [0.15, 0.2) is 0 Å². The van der Waals surface area contributed by atoms with Gasteiger partial charge in [-0.05, 0) is 24.6 Å². The summed E-state index contributed by atoms with van der Waals surface area (Å²) in [6.45, 7) is 2.10. The van der Waals surface area contributed by atoms with Crippen molar-refractivity contribution in [1.82, 2.24) is 0 Å². The number of hydrogen-bond acceptors (Lipinski definition) is 2. The van der Waals surface area contributed by atoms with Crippen molar-refractivity contribution in [3.8, 4) is 0 Å². The van der Waals surface area contributed by atoms with Crippen LogP contribution in [0.1, 0.15) is 19.8 Å². The molecular weight excluding hydrogens is 230 g/mol. The minimum absolute atomic E-state index is 0.0930. The molecule has 1 heterocycles. The Bertz CT molecular complexity index is 394. The lowest BCUT2D eigenvalue weighted by atomic mass is 10.2. The highest BCUT2D eigenvalue weighted by Gasteiger charge is 2.20. The zero-order valence-corrected chi connectivity index (χ0v) is 9.99. The van der Waals surface area contributed by atoms with Gasteiger partial charge in [0, 0.05) is 21.6 Å². The number of nitrogens with one attached hydrogen (secondary N) is 1. The van der Waals surface area contributed by atoms with Crippen LogP contribution >= 0.6 is 23.4 Å². The molecule has 1 aliphatic rings. The van der Waals surface area contributed by atoms with E-state index in [1.54, 1.807) is 17.8 Å². The summed E-state index contributed by atoms with van der Waals surface area (Å²) in [4.78, 5) is 12.6. The number of halogens is 1. The lowest BCUT2D eigenvalue weighted by molar-refractivity contribution is -0.116. The molecule has 1 aromatic carbocycles. The monoisotopic (exact) mass is 241 g/mol. The van der Waals surface area contributed by atoms with Gasteiger partial charge in [0.05, 0.1) is 5.69 Å². The van der Waals surface area contributed by atoms with E-state index in [9.17, 15) is 4.79 Å². The molecule has 2 nitrogen and oxygen atoms in total. The molecule has 1 N–H and O–H groups in total. The molecule has 0 bridgehead atoms. The molecule has 1 unspecified atom stereocenters. The lowest BCUT2D eigenvalue weighted by Gasteiger charge is -2.09. The fourth-order valence-electron chi connectivity index (χ4n) is 1.55. The molecule has 2 rings (SSSR count). The van der Waals surface area contributed by atoms with Gasteiger partial charge in [-0.2, -0.15) is 0 Å². The maximum atomic E-state index is 11.5. The van der Waals surface area contributed by atoms with Crippen LogP contribution in [0, 0.1) is 0 Å². The molecule has 4 heteroatoms. The first kappa shape index (κ1) is 10.8. The Labute approximate surface area is 98.4 Å². The molecule has 0 radical (unpaired) electrons. The van der Waals surface area contributed by atoms with Crippen molar-refractivity contribution in [3.63, 3.8) is 0 Å². The predicted molar refractivity (Wildman–Crippen MR) is 64.6 cm³/mol. The second-order valence-corrected chi connectivity index (χ2v) is 5.32. The zero-order valence-electron chi connectivity index (χ0n) is 8.42. The first-order chi connectivity index (χ1) is 7.19. The third-order valence-electron chi connectivity index (χ3n) is 2.38. The van der Waals surface area contributed by atoms with E-state index in [1.807, 2.05) is 12.1 Å². The average molecular weight is 242 g/mol. The zero-order chi connectivity index (χ0) is 10.8. The van der Waals surface area contributed by atoms with Gasteiger partial charge in [-0.1, -0.05) is 18.5 Å². The number of fused-ring (bicyclic) bond motifs is 1. The number of carbonyl (C=O) groups is 1. The molecule has 1 amide bonds. The SMILES string of the molecule is CCC1CC(=O)Nc2ccc(Cl)cc2S1. The first-order valence-corrected chi connectivity index (χ1v) is 6.21. The van der Waals surface area contributed by atoms with Crippen LogP contribution in [0.5, 0.6) is 0 Å². The smallest absolute Gasteiger partial charge is 0.225 e. The van der Waals surface area contributed by atoms with Gasteiger partial charge in [-0.15, -0.1) is 11.8 Å². The van der Waals surface area contributed by atoms with Crippen molar-refractivity contribution in [2.75, 3.05) is 5.32 Å². The maximum absolute atomic E-state index is 11.5. The Balaban J connectivity index is 2.36. The van der Waals surface area contributed by atoms with E-state index in [-0.39, 0.29) is 5.91 Å². The molecule has 1 aliphatic heterocycles. The number of rotatable bonds is 1. The fourth-order valence-corrected chi connectivity index (χ4v) is 2.99. The van der Waals surface area contributed by atoms with Crippen molar-refractivity contribution < 1.29 is 4.79 Å². The van der Waals surface area contributed by atoms with Gasteiger partial charge in [-0.25, -0.2) is 0 Å². The second-order valence-electron chi connectivity index (χ2n) is 3.54. The normalized spacial score (nSPS) is 20.4. The molecule has 0 saturated carbocycles. The summed E-state index contributed by atoms with van der Waals surface area (Å²) in [5, 5.41) is 3.96. The summed E-state index contributed by atoms with van der Waals surface area (Å²) in [5.74, 6) is 0.0930. The van der Waals surface area contributed by atoms with Gasteiger partial charge >= 0.3 is 0 Å². The molecular formula is C11H12ClNOS. The van der Waals surface area contributed by atoms with Crippen molar-refractivity contribution in [3.05, 3.63) is 23.2 Å². The van der Waals surface area contributed by atoms with Crippen molar-refractivity contribution in [1.29, 1.82) is 0 Å². The Morgan fingerprint density at radius 1 is 1.60 bits per heavy atom. The van der Waals surface area contributed by atoms with E-state index in [1.165, 1.54) is 0 Å². The Morgan fingerprint density at radius 2 is 2.40 bits per heavy atom. The van der Waals surface area contributed by atoms with E-state index in [4.69, 9.17) is 11.6 Å². The van der Waals surface area contributed by atoms with Crippen LogP contribution in [0.15, 0.2) is 23.1 Å². The summed E-state index contributed by atoms with van der Waals surface area (Å²) in [6, 6.07) is 5.57. The highest BCUT2D eigenvalue weighted by Crippen LogP contribution is 2.37. The molecule has 0 saturated heterocycles. The minimum atomic E-state index is 0.0930. The first-order valence-electron chi connectivity index (χ1n) is 4.95. The van der Waals surface area contributed by atoms with Crippen LogP contribution in [-0.4, -0.2) is 11.2 Å². The second kappa shape index (κ2) is 4.45. The number of amides is 1. The topological polar surface area (TPSA) is 29.1 Å². The quantitative estimate of drug-likeness (QED) is 0.815. The van der Waals surface area contributed by atoms with E-state index < -0.39 is 0 Å². The third-order valence-corrected chi connectivity index (χ3v) is 4.04. The van der Waals surface area contributed by atoms with E-state index in [0.29, 0.717) is 16.7 Å². The molecule has 15 heavy (non-hydrogen) atoms. The summed E-state index contributed by atoms with van der Waals surface area (Å²) in [6.07, 6.45) is 1.57. The molecule has 0 aliphatic carbocycles. The van der Waals surface area contributed by atoms with Crippen LogP contribution in [0.2, 0.25) is 5.02 Å². The Kier molecular flexibility index (Phi) is 3.22. The Morgan fingerprint density at radius 3 is 3.13 bits per heavy atom. The fraction of sp³-hybridized carbons (Fsp3) is 0.364. The molecule has 0 fully saturated rings. The molecule has 0 spiro atoms. The van der Waals surface area contributed by atoms with Gasteiger partial charge in [0.2, 0.25) is 5.91 Å². The van der Waals surface area contributed by atoms with Crippen LogP contribution in [0.25, 0.3) is 0 Å². The summed E-state index contributed by atoms with van der Waals surface area (Å²) < 4.78 is 0. The van der Waals surface area contributed by atoms with Crippen LogP contribution in [0.3, 0.4) is 0 Å². The van der Waals surface area contributed by atoms with Crippen LogP contribution in [-0.2, 0) is 4.79 Å². The molecule has 0 aromatic heterocycles. The molecule has 1 atom stereocenters. The van der Waals surface area contributed by atoms with Crippen molar-refractivity contribution in [2.24, 2.45) is 0 Å². The largest absolute Gasteiger partial charge is 0.325 e. The number of hydrogen-bond donors (Lipinski definition) is 1. The standard InChI is InChI=1S/C11H12ClNOS/c1-2-8-6-11(14)13-9-4-3-7(12)5-10(9)15-8/h3-5,8H,2,6H2,1H3,(H,13,14). The van der Waals surface area contributed by atoms with Gasteiger partial charge in [0.1, 0.15) is 0 Å². The highest BCUT2D eigenvalue weighted by atomic mass is 35.5. The van der Waals surface area contributed by atoms with Gasteiger partial charge in [0.25, 0.3) is 0 Å². The third kappa shape index (κ3) is 2.47. The number of carbonyl (C=O) groups excluding carboxylic acids is 1. The number of benzene rings is 1. The van der Waals surface area contributed by atoms with Crippen LogP contribution in [0.4, 0.5) is 5.69 Å². The minimum Gasteiger partial charge on any atom is -0.325 e. The van der Waals surface area contributed by atoms with Gasteiger partial charge in [-0.3, -0.25) is 4.79 Å². The van der Waals surface area contributed by atoms with Crippen LogP contribution < -0.4 is 5.32 Å². The highest BCUT2D eigenvalue weighted by molar-refractivity contribution is 8.00. The summed E-state index contributed by atoms with van der Waals surface area (Å²) in [7, 11) is 0. The number of anilines is 1. The van der Waals surface area contributed by atoms with E-state index >= 15 is 0 Å². The molecule has 80 valence electrons. The van der Waals surface area contributed by atoms with E-state index in [2.05, 4.69) is 12.2 Å². The van der Waals surface area contributed by atoms with E-state index in [0.717, 1.165) is 17.0 Å². The average Bonchev–Trinajstić information content (AvgIpc) is 2.35.